The molecule has 1 amide bonds. The maximum absolute atomic E-state index is 14.5. The highest BCUT2D eigenvalue weighted by molar-refractivity contribution is 7.90. The van der Waals surface area contributed by atoms with Crippen molar-refractivity contribution in [2.45, 2.75) is 25.5 Å². The Hall–Kier alpha value is -2.22. The number of benzene rings is 1. The third-order valence-corrected chi connectivity index (χ3v) is 6.65. The molecule has 26 heavy (non-hydrogen) atoms. The molecule has 6 nitrogen and oxygen atoms in total. The van der Waals surface area contributed by atoms with Crippen LogP contribution in [0.5, 0.6) is 0 Å². The van der Waals surface area contributed by atoms with E-state index in [1.165, 1.54) is 15.6 Å². The Balaban J connectivity index is 1.82. The molecule has 2 aliphatic heterocycles. The molecule has 0 N–H and O–H groups in total. The number of sulfone groups is 1. The number of nitrogens with zero attached hydrogens (tertiary/aromatic N) is 3. The van der Waals surface area contributed by atoms with E-state index in [0.717, 1.165) is 5.56 Å². The van der Waals surface area contributed by atoms with Gasteiger partial charge in [0.15, 0.2) is 9.84 Å². The summed E-state index contributed by atoms with van der Waals surface area (Å²) in [4.78, 5) is 14.8. The Morgan fingerprint density at radius 3 is 2.88 bits per heavy atom. The van der Waals surface area contributed by atoms with Crippen molar-refractivity contribution >= 4 is 21.4 Å². The summed E-state index contributed by atoms with van der Waals surface area (Å²) in [6.07, 6.45) is 1.01. The van der Waals surface area contributed by atoms with Crippen molar-refractivity contribution in [2.75, 3.05) is 17.2 Å². The lowest BCUT2D eigenvalue weighted by atomic mass is 9.93. The fourth-order valence-corrected chi connectivity index (χ4v) is 5.36. The maximum Gasteiger partial charge on any atom is 0.276 e. The Morgan fingerprint density at radius 2 is 2.12 bits per heavy atom. The monoisotopic (exact) mass is 377 g/mol. The van der Waals surface area contributed by atoms with Gasteiger partial charge in [-0.05, 0) is 24.0 Å². The van der Waals surface area contributed by atoms with Crippen molar-refractivity contribution in [3.8, 4) is 0 Å². The van der Waals surface area contributed by atoms with Crippen molar-refractivity contribution in [1.29, 1.82) is 0 Å². The zero-order valence-corrected chi connectivity index (χ0v) is 15.5. The second-order valence-corrected chi connectivity index (χ2v) is 9.40. The topological polar surface area (TPSA) is 72.3 Å². The average Bonchev–Trinajstić information content (AvgIpc) is 2.87. The molecule has 1 atom stereocenters. The van der Waals surface area contributed by atoms with Crippen LogP contribution < -0.4 is 4.90 Å². The van der Waals surface area contributed by atoms with E-state index in [-0.39, 0.29) is 23.1 Å². The largest absolute Gasteiger partial charge is 0.304 e. The summed E-state index contributed by atoms with van der Waals surface area (Å²) in [6, 6.07) is 4.82. The zero-order valence-electron chi connectivity index (χ0n) is 14.7. The molecule has 0 fully saturated rings. The molecule has 8 heteroatoms. The number of aryl methyl sites for hydroxylation is 2. The molecule has 4 rings (SSSR count). The summed E-state index contributed by atoms with van der Waals surface area (Å²) < 4.78 is 40.1. The first-order chi connectivity index (χ1) is 12.3. The van der Waals surface area contributed by atoms with E-state index in [0.29, 0.717) is 36.3 Å². The molecule has 0 saturated carbocycles. The van der Waals surface area contributed by atoms with Gasteiger partial charge in [-0.1, -0.05) is 19.1 Å². The molecular formula is C18H20FN3O3S. The fourth-order valence-electron chi connectivity index (χ4n) is 3.97. The van der Waals surface area contributed by atoms with Crippen LogP contribution in [-0.2, 0) is 35.5 Å². The normalized spacial score (nSPS) is 21.2. The Labute approximate surface area is 151 Å². The first kappa shape index (κ1) is 17.2. The van der Waals surface area contributed by atoms with Gasteiger partial charge in [-0.15, -0.1) is 0 Å². The smallest absolute Gasteiger partial charge is 0.276 e. The van der Waals surface area contributed by atoms with Crippen molar-refractivity contribution in [3.63, 3.8) is 0 Å². The number of hydrogen-bond acceptors (Lipinski definition) is 4. The van der Waals surface area contributed by atoms with Crippen molar-refractivity contribution in [3.05, 3.63) is 46.5 Å². The van der Waals surface area contributed by atoms with Crippen LogP contribution in [0.15, 0.2) is 18.2 Å². The van der Waals surface area contributed by atoms with Gasteiger partial charge in [-0.2, -0.15) is 5.10 Å². The molecule has 2 aromatic rings. The van der Waals surface area contributed by atoms with Crippen LogP contribution in [0.2, 0.25) is 0 Å². The number of halogens is 1. The molecule has 2 aliphatic rings. The second kappa shape index (κ2) is 5.90. The van der Waals surface area contributed by atoms with E-state index in [1.807, 2.05) is 13.0 Å². The summed E-state index contributed by atoms with van der Waals surface area (Å²) in [7, 11) is -1.61. The van der Waals surface area contributed by atoms with Crippen LogP contribution in [0.4, 0.5) is 10.1 Å². The summed E-state index contributed by atoms with van der Waals surface area (Å²) in [5.41, 5.74) is 2.43. The predicted octanol–water partition coefficient (Wildman–Crippen LogP) is 1.87. The molecular weight excluding hydrogens is 357 g/mol. The van der Waals surface area contributed by atoms with E-state index in [9.17, 15) is 17.6 Å². The number of carbonyl (C=O) groups is 1. The van der Waals surface area contributed by atoms with E-state index < -0.39 is 21.6 Å². The number of fused-ring (bicyclic) bond motifs is 2. The fraction of sp³-hybridized carbons (Fsp3) is 0.444. The molecule has 0 saturated heterocycles. The summed E-state index contributed by atoms with van der Waals surface area (Å²) >= 11 is 0. The van der Waals surface area contributed by atoms with Gasteiger partial charge in [0.2, 0.25) is 0 Å². The molecule has 1 unspecified atom stereocenters. The molecule has 1 aromatic carbocycles. The number of hydrogen-bond donors (Lipinski definition) is 0. The molecule has 0 aliphatic carbocycles. The number of anilines is 1. The summed E-state index contributed by atoms with van der Waals surface area (Å²) in [6.45, 7) is 2.40. The van der Waals surface area contributed by atoms with Crippen LogP contribution >= 0.6 is 0 Å². The van der Waals surface area contributed by atoms with E-state index in [1.54, 1.807) is 13.1 Å². The molecule has 138 valence electrons. The molecule has 3 heterocycles. The quantitative estimate of drug-likeness (QED) is 0.761. The van der Waals surface area contributed by atoms with Gasteiger partial charge in [-0.25, -0.2) is 12.8 Å². The van der Waals surface area contributed by atoms with Gasteiger partial charge in [0.25, 0.3) is 5.91 Å². The summed E-state index contributed by atoms with van der Waals surface area (Å²) in [5.74, 6) is -0.795. The predicted molar refractivity (Wildman–Crippen MR) is 95.3 cm³/mol. The van der Waals surface area contributed by atoms with Gasteiger partial charge in [0.05, 0.1) is 22.9 Å². The van der Waals surface area contributed by atoms with Crippen molar-refractivity contribution in [1.82, 2.24) is 9.78 Å². The zero-order chi connectivity index (χ0) is 18.6. The van der Waals surface area contributed by atoms with Gasteiger partial charge in [0.1, 0.15) is 11.5 Å². The first-order valence-electron chi connectivity index (χ1n) is 8.61. The Morgan fingerprint density at radius 1 is 1.35 bits per heavy atom. The minimum Gasteiger partial charge on any atom is -0.304 e. The molecule has 0 bridgehead atoms. The lowest BCUT2D eigenvalue weighted by Gasteiger charge is -2.33. The van der Waals surface area contributed by atoms with Crippen LogP contribution in [0.25, 0.3) is 0 Å². The highest BCUT2D eigenvalue weighted by atomic mass is 32.2. The maximum atomic E-state index is 14.5. The number of carbonyl (C=O) groups excluding carboxylic acids is 1. The average molecular weight is 377 g/mol. The Bertz CT molecular complexity index is 1010. The van der Waals surface area contributed by atoms with E-state index in [2.05, 4.69) is 5.10 Å². The van der Waals surface area contributed by atoms with Gasteiger partial charge in [0, 0.05) is 25.6 Å². The van der Waals surface area contributed by atoms with Gasteiger partial charge in [-0.3, -0.25) is 9.48 Å². The van der Waals surface area contributed by atoms with Crippen LogP contribution in [-0.4, -0.2) is 36.4 Å². The number of rotatable bonds is 1. The van der Waals surface area contributed by atoms with Crippen LogP contribution in [0, 0.1) is 11.7 Å². The molecule has 0 radical (unpaired) electrons. The summed E-state index contributed by atoms with van der Waals surface area (Å²) in [5, 5.41) is 4.34. The Kier molecular flexibility index (Phi) is 3.91. The lowest BCUT2D eigenvalue weighted by Crippen LogP contribution is -2.41. The number of amides is 1. The van der Waals surface area contributed by atoms with Gasteiger partial charge < -0.3 is 4.90 Å². The molecule has 1 aromatic heterocycles. The standard InChI is InChI=1S/C18H20FN3O3S/c1-11-8-12-4-3-5-14(19)16(12)22(9-11)18(23)17-13-10-26(24,25)7-6-15(13)20-21(17)2/h3-5,11H,6-10H2,1-2H3. The van der Waals surface area contributed by atoms with E-state index in [4.69, 9.17) is 0 Å². The van der Waals surface area contributed by atoms with Gasteiger partial charge >= 0.3 is 0 Å². The van der Waals surface area contributed by atoms with Crippen molar-refractivity contribution < 1.29 is 17.6 Å². The van der Waals surface area contributed by atoms with Crippen LogP contribution in [0.3, 0.4) is 0 Å². The first-order valence-corrected chi connectivity index (χ1v) is 10.4. The minimum absolute atomic E-state index is 0.0445. The SMILES string of the molecule is CC1Cc2cccc(F)c2N(C(=O)c2c3c(nn2C)CCS(=O)(=O)C3)C1. The molecule has 0 spiro atoms. The van der Waals surface area contributed by atoms with E-state index >= 15 is 0 Å². The third-order valence-electron chi connectivity index (χ3n) is 5.09. The highest BCUT2D eigenvalue weighted by Crippen LogP contribution is 2.34. The number of aromatic nitrogens is 2. The lowest BCUT2D eigenvalue weighted by molar-refractivity contribution is 0.0970. The third kappa shape index (κ3) is 2.72. The van der Waals surface area contributed by atoms with Crippen molar-refractivity contribution in [2.24, 2.45) is 13.0 Å². The minimum atomic E-state index is -3.25. The number of para-hydroxylation sites is 1. The second-order valence-electron chi connectivity index (χ2n) is 7.21. The van der Waals surface area contributed by atoms with Crippen LogP contribution in [0.1, 0.15) is 34.2 Å². The highest BCUT2D eigenvalue weighted by Gasteiger charge is 2.36.